The Bertz CT molecular complexity index is 1320. The summed E-state index contributed by atoms with van der Waals surface area (Å²) in [4.78, 5) is 17.7. The Hall–Kier alpha value is -4.06. The predicted molar refractivity (Wildman–Crippen MR) is 127 cm³/mol. The molecule has 0 atom stereocenters. The first-order chi connectivity index (χ1) is 15.6. The van der Waals surface area contributed by atoms with Crippen molar-refractivity contribution in [1.29, 1.82) is 0 Å². The Labute approximate surface area is 186 Å². The first-order valence-corrected chi connectivity index (χ1v) is 10.4. The molecule has 1 aromatic heterocycles. The quantitative estimate of drug-likeness (QED) is 0.425. The van der Waals surface area contributed by atoms with E-state index < -0.39 is 0 Å². The summed E-state index contributed by atoms with van der Waals surface area (Å²) in [5.74, 6) is 1.24. The van der Waals surface area contributed by atoms with Crippen LogP contribution in [0.15, 0.2) is 82.6 Å². The molecule has 6 heteroatoms. The summed E-state index contributed by atoms with van der Waals surface area (Å²) in [5, 5.41) is 12.2. The number of methoxy groups -OCH3 is 1. The van der Waals surface area contributed by atoms with E-state index in [0.29, 0.717) is 34.4 Å². The summed E-state index contributed by atoms with van der Waals surface area (Å²) in [6, 6.07) is 22.0. The SMILES string of the molecule is CCOc1ccccc1N=Cc1c(O)n(Cc2ccc(OC)cc2)c(=O)c2ccccc12. The molecular formula is C26H24N2O4. The van der Waals surface area contributed by atoms with Gasteiger partial charge in [-0.05, 0) is 42.8 Å². The van der Waals surface area contributed by atoms with E-state index in [4.69, 9.17) is 9.47 Å². The number of aromatic nitrogens is 1. The van der Waals surface area contributed by atoms with Gasteiger partial charge >= 0.3 is 0 Å². The van der Waals surface area contributed by atoms with Gasteiger partial charge in [0.05, 0.1) is 25.8 Å². The molecule has 0 saturated heterocycles. The Morgan fingerprint density at radius 3 is 2.38 bits per heavy atom. The molecule has 6 nitrogen and oxygen atoms in total. The van der Waals surface area contributed by atoms with Crippen molar-refractivity contribution >= 4 is 22.7 Å². The largest absolute Gasteiger partial charge is 0.497 e. The number of nitrogens with zero attached hydrogens (tertiary/aromatic N) is 2. The summed E-state index contributed by atoms with van der Waals surface area (Å²) >= 11 is 0. The van der Waals surface area contributed by atoms with Crippen molar-refractivity contribution in [1.82, 2.24) is 4.57 Å². The van der Waals surface area contributed by atoms with Crippen molar-refractivity contribution < 1.29 is 14.6 Å². The molecule has 1 heterocycles. The van der Waals surface area contributed by atoms with Crippen LogP contribution in [0.25, 0.3) is 10.8 Å². The van der Waals surface area contributed by atoms with E-state index in [1.165, 1.54) is 4.57 Å². The van der Waals surface area contributed by atoms with E-state index in [9.17, 15) is 9.90 Å². The van der Waals surface area contributed by atoms with Crippen molar-refractivity contribution in [2.75, 3.05) is 13.7 Å². The van der Waals surface area contributed by atoms with Gasteiger partial charge in [0.1, 0.15) is 17.2 Å². The molecular weight excluding hydrogens is 404 g/mol. The van der Waals surface area contributed by atoms with Crippen molar-refractivity contribution in [2.45, 2.75) is 13.5 Å². The van der Waals surface area contributed by atoms with Gasteiger partial charge in [-0.2, -0.15) is 0 Å². The summed E-state index contributed by atoms with van der Waals surface area (Å²) in [6.45, 7) is 2.65. The van der Waals surface area contributed by atoms with Crippen LogP contribution in [0.2, 0.25) is 0 Å². The Balaban J connectivity index is 1.82. The fourth-order valence-corrected chi connectivity index (χ4v) is 3.57. The van der Waals surface area contributed by atoms with Gasteiger partial charge in [0, 0.05) is 17.0 Å². The van der Waals surface area contributed by atoms with Crippen LogP contribution in [0, 0.1) is 0 Å². The summed E-state index contributed by atoms with van der Waals surface area (Å²) in [5.41, 5.74) is 1.72. The highest BCUT2D eigenvalue weighted by Crippen LogP contribution is 2.29. The second-order valence-corrected chi connectivity index (χ2v) is 7.18. The lowest BCUT2D eigenvalue weighted by molar-refractivity contribution is 0.341. The molecule has 0 aliphatic carbocycles. The lowest BCUT2D eigenvalue weighted by Crippen LogP contribution is -2.22. The second kappa shape index (κ2) is 9.39. The van der Waals surface area contributed by atoms with Gasteiger partial charge in [0.25, 0.3) is 5.56 Å². The number of fused-ring (bicyclic) bond motifs is 1. The lowest BCUT2D eigenvalue weighted by Gasteiger charge is -2.14. The maximum Gasteiger partial charge on any atom is 0.261 e. The fraction of sp³-hybridized carbons (Fsp3) is 0.154. The van der Waals surface area contributed by atoms with Gasteiger partial charge in [-0.1, -0.05) is 42.5 Å². The van der Waals surface area contributed by atoms with E-state index in [2.05, 4.69) is 4.99 Å². The first kappa shape index (κ1) is 21.2. The third kappa shape index (κ3) is 4.21. The monoisotopic (exact) mass is 428 g/mol. The zero-order valence-electron chi connectivity index (χ0n) is 18.0. The first-order valence-electron chi connectivity index (χ1n) is 10.4. The number of hydrogen-bond donors (Lipinski definition) is 1. The molecule has 0 unspecified atom stereocenters. The molecule has 0 fully saturated rings. The van der Waals surface area contributed by atoms with Crippen molar-refractivity contribution in [2.24, 2.45) is 4.99 Å². The zero-order valence-corrected chi connectivity index (χ0v) is 18.0. The van der Waals surface area contributed by atoms with Crippen LogP contribution in [-0.2, 0) is 6.54 Å². The van der Waals surface area contributed by atoms with Crippen LogP contribution >= 0.6 is 0 Å². The number of hydrogen-bond acceptors (Lipinski definition) is 5. The standard InChI is InChI=1S/C26H24N2O4/c1-3-32-24-11-7-6-10-23(24)27-16-22-20-8-4-5-9-21(20)25(29)28(26(22)30)17-18-12-14-19(31-2)15-13-18/h4-16,30H,3,17H2,1-2H3. The molecule has 3 aromatic carbocycles. The summed E-state index contributed by atoms with van der Waals surface area (Å²) in [7, 11) is 1.60. The van der Waals surface area contributed by atoms with Crippen LogP contribution in [0.4, 0.5) is 5.69 Å². The third-order valence-electron chi connectivity index (χ3n) is 5.19. The maximum atomic E-state index is 13.2. The molecule has 0 saturated carbocycles. The minimum Gasteiger partial charge on any atom is -0.497 e. The number of aromatic hydroxyl groups is 1. The maximum absolute atomic E-state index is 13.2. The molecule has 32 heavy (non-hydrogen) atoms. The predicted octanol–water partition coefficient (Wildman–Crippen LogP) is 4.91. The molecule has 1 N–H and O–H groups in total. The molecule has 0 bridgehead atoms. The average molecular weight is 428 g/mol. The molecule has 0 amide bonds. The Morgan fingerprint density at radius 2 is 1.66 bits per heavy atom. The molecule has 4 aromatic rings. The Morgan fingerprint density at radius 1 is 0.969 bits per heavy atom. The van der Waals surface area contributed by atoms with Crippen LogP contribution in [0.5, 0.6) is 17.4 Å². The van der Waals surface area contributed by atoms with Gasteiger partial charge in [-0.25, -0.2) is 0 Å². The summed E-state index contributed by atoms with van der Waals surface area (Å²) in [6.07, 6.45) is 1.58. The molecule has 0 aliphatic heterocycles. The summed E-state index contributed by atoms with van der Waals surface area (Å²) < 4.78 is 12.2. The molecule has 162 valence electrons. The highest BCUT2D eigenvalue weighted by molar-refractivity contribution is 6.02. The third-order valence-corrected chi connectivity index (χ3v) is 5.19. The zero-order chi connectivity index (χ0) is 22.5. The van der Waals surface area contributed by atoms with Gasteiger partial charge in [-0.3, -0.25) is 14.4 Å². The fourth-order valence-electron chi connectivity index (χ4n) is 3.57. The van der Waals surface area contributed by atoms with E-state index in [-0.39, 0.29) is 18.0 Å². The minimum absolute atomic E-state index is 0.137. The smallest absolute Gasteiger partial charge is 0.261 e. The van der Waals surface area contributed by atoms with Crippen LogP contribution in [0.3, 0.4) is 0 Å². The molecule has 0 spiro atoms. The average Bonchev–Trinajstić information content (AvgIpc) is 2.83. The van der Waals surface area contributed by atoms with Crippen LogP contribution in [0.1, 0.15) is 18.1 Å². The van der Waals surface area contributed by atoms with Crippen LogP contribution < -0.4 is 15.0 Å². The number of ether oxygens (including phenoxy) is 2. The van der Waals surface area contributed by atoms with Gasteiger partial charge < -0.3 is 14.6 Å². The number of aliphatic imine (C=N–C) groups is 1. The molecule has 4 rings (SSSR count). The topological polar surface area (TPSA) is 73.1 Å². The highest BCUT2D eigenvalue weighted by Gasteiger charge is 2.15. The van der Waals surface area contributed by atoms with Crippen molar-refractivity contribution in [3.63, 3.8) is 0 Å². The molecule has 0 aliphatic rings. The van der Waals surface area contributed by atoms with Crippen molar-refractivity contribution in [3.05, 3.63) is 94.3 Å². The van der Waals surface area contributed by atoms with Gasteiger partial charge in [0.2, 0.25) is 5.88 Å². The van der Waals surface area contributed by atoms with E-state index in [1.54, 1.807) is 19.4 Å². The number of pyridine rings is 1. The van der Waals surface area contributed by atoms with Crippen LogP contribution in [-0.4, -0.2) is 29.6 Å². The normalized spacial score (nSPS) is 11.2. The van der Waals surface area contributed by atoms with E-state index in [1.807, 2.05) is 73.7 Å². The second-order valence-electron chi connectivity index (χ2n) is 7.18. The van der Waals surface area contributed by atoms with Crippen molar-refractivity contribution in [3.8, 4) is 17.4 Å². The van der Waals surface area contributed by atoms with E-state index in [0.717, 1.165) is 11.3 Å². The number of benzene rings is 3. The van der Waals surface area contributed by atoms with E-state index >= 15 is 0 Å². The van der Waals surface area contributed by atoms with Gasteiger partial charge in [0.15, 0.2) is 0 Å². The number of rotatable bonds is 7. The molecule has 0 radical (unpaired) electrons. The Kier molecular flexibility index (Phi) is 6.22. The van der Waals surface area contributed by atoms with Gasteiger partial charge in [-0.15, -0.1) is 0 Å². The lowest BCUT2D eigenvalue weighted by atomic mass is 10.1. The highest BCUT2D eigenvalue weighted by atomic mass is 16.5. The number of para-hydroxylation sites is 2. The minimum atomic E-state index is -0.263.